The number of hydrogen-bond acceptors (Lipinski definition) is 7. The maximum Gasteiger partial charge on any atom is 0.321 e. The molecule has 2 N–H and O–H groups in total. The van der Waals surface area contributed by atoms with E-state index in [2.05, 4.69) is 27.8 Å². The van der Waals surface area contributed by atoms with Crippen molar-refractivity contribution >= 4 is 46.8 Å². The van der Waals surface area contributed by atoms with Crippen LogP contribution in [0, 0.1) is 0 Å². The van der Waals surface area contributed by atoms with Gasteiger partial charge in [0.05, 0.1) is 5.75 Å². The first kappa shape index (κ1) is 15.6. The third kappa shape index (κ3) is 5.68. The van der Waals surface area contributed by atoms with Crippen molar-refractivity contribution in [2.45, 2.75) is 40.9 Å². The van der Waals surface area contributed by atoms with Crippen LogP contribution in [0.3, 0.4) is 0 Å². The molecule has 0 aliphatic heterocycles. The number of hydrogen-bond donors (Lipinski definition) is 2. The molecule has 0 spiro atoms. The highest BCUT2D eigenvalue weighted by Gasteiger charge is 2.23. The van der Waals surface area contributed by atoms with Crippen LogP contribution < -0.4 is 10.6 Å². The number of rotatable bonds is 7. The van der Waals surface area contributed by atoms with Crippen molar-refractivity contribution in [2.24, 2.45) is 0 Å². The van der Waals surface area contributed by atoms with Crippen LogP contribution >= 0.6 is 34.9 Å². The van der Waals surface area contributed by atoms with Gasteiger partial charge in [-0.25, -0.2) is 4.79 Å². The number of urea groups is 1. The summed E-state index contributed by atoms with van der Waals surface area (Å²) >= 11 is 4.44. The number of amides is 3. The Morgan fingerprint density at radius 1 is 1.30 bits per heavy atom. The van der Waals surface area contributed by atoms with Gasteiger partial charge in [-0.15, -0.1) is 10.2 Å². The molecule has 0 bridgehead atoms. The van der Waals surface area contributed by atoms with Crippen molar-refractivity contribution in [1.29, 1.82) is 0 Å². The number of nitrogens with one attached hydrogen (secondary N) is 2. The zero-order chi connectivity index (χ0) is 14.4. The van der Waals surface area contributed by atoms with E-state index in [9.17, 15) is 9.59 Å². The second kappa shape index (κ2) is 7.84. The van der Waals surface area contributed by atoms with Crippen molar-refractivity contribution in [3.05, 3.63) is 0 Å². The number of carbonyl (C=O) groups excluding carboxylic acids is 2. The molecule has 110 valence electrons. The van der Waals surface area contributed by atoms with Crippen molar-refractivity contribution in [2.75, 3.05) is 11.5 Å². The molecule has 1 heterocycles. The molecule has 0 radical (unpaired) electrons. The Morgan fingerprint density at radius 2 is 2.00 bits per heavy atom. The lowest BCUT2D eigenvalue weighted by molar-refractivity contribution is -0.117. The van der Waals surface area contributed by atoms with Crippen LogP contribution in [0.25, 0.3) is 0 Å². The fourth-order valence-electron chi connectivity index (χ4n) is 1.24. The number of aromatic nitrogens is 2. The van der Waals surface area contributed by atoms with Gasteiger partial charge in [-0.1, -0.05) is 41.8 Å². The normalized spacial score (nSPS) is 14.1. The van der Waals surface area contributed by atoms with E-state index >= 15 is 0 Å². The number of carbonyl (C=O) groups is 2. The third-order valence-corrected chi connectivity index (χ3v) is 5.71. The lowest BCUT2D eigenvalue weighted by atomic mass is 10.6. The first-order valence-electron chi connectivity index (χ1n) is 6.37. The van der Waals surface area contributed by atoms with Gasteiger partial charge < -0.3 is 5.32 Å². The molecule has 2 rings (SSSR count). The Bertz CT molecular complexity index is 476. The largest absolute Gasteiger partial charge is 0.335 e. The van der Waals surface area contributed by atoms with Gasteiger partial charge in [-0.3, -0.25) is 10.1 Å². The summed E-state index contributed by atoms with van der Waals surface area (Å²) in [4.78, 5) is 22.9. The molecule has 9 heteroatoms. The van der Waals surface area contributed by atoms with Crippen LogP contribution in [0.1, 0.15) is 26.2 Å². The Hall–Kier alpha value is -0.800. The van der Waals surface area contributed by atoms with Gasteiger partial charge in [-0.2, -0.15) is 0 Å². The molecule has 1 saturated carbocycles. The van der Waals surface area contributed by atoms with Gasteiger partial charge >= 0.3 is 6.03 Å². The fraction of sp³-hybridized carbons (Fsp3) is 0.636. The van der Waals surface area contributed by atoms with E-state index < -0.39 is 6.03 Å². The van der Waals surface area contributed by atoms with E-state index in [1.54, 1.807) is 11.8 Å². The topological polar surface area (TPSA) is 84.0 Å². The Balaban J connectivity index is 1.66. The third-order valence-electron chi connectivity index (χ3n) is 2.31. The highest BCUT2D eigenvalue weighted by atomic mass is 32.2. The van der Waals surface area contributed by atoms with Crippen molar-refractivity contribution in [3.63, 3.8) is 0 Å². The molecule has 20 heavy (non-hydrogen) atoms. The summed E-state index contributed by atoms with van der Waals surface area (Å²) in [6.45, 7) is 2.11. The van der Waals surface area contributed by atoms with Gasteiger partial charge in [0, 0.05) is 11.8 Å². The van der Waals surface area contributed by atoms with Gasteiger partial charge in [0.2, 0.25) is 5.91 Å². The monoisotopic (exact) mass is 332 g/mol. The average molecular weight is 332 g/mol. The van der Waals surface area contributed by atoms with Crippen LogP contribution in [0.5, 0.6) is 0 Å². The van der Waals surface area contributed by atoms with E-state index in [1.807, 2.05) is 0 Å². The van der Waals surface area contributed by atoms with E-state index in [4.69, 9.17) is 0 Å². The van der Waals surface area contributed by atoms with E-state index in [1.165, 1.54) is 23.1 Å². The number of imide groups is 1. The zero-order valence-electron chi connectivity index (χ0n) is 11.0. The molecule has 1 aliphatic rings. The molecular weight excluding hydrogens is 316 g/mol. The van der Waals surface area contributed by atoms with Crippen molar-refractivity contribution in [3.8, 4) is 0 Å². The molecule has 1 aromatic heterocycles. The molecule has 0 aromatic carbocycles. The summed E-state index contributed by atoms with van der Waals surface area (Å²) in [6, 6.07) is -0.161. The minimum Gasteiger partial charge on any atom is -0.335 e. The summed E-state index contributed by atoms with van der Waals surface area (Å²) < 4.78 is 1.67. The minimum absolute atomic E-state index is 0.172. The molecular formula is C11H16N4O2S3. The van der Waals surface area contributed by atoms with Crippen molar-refractivity contribution in [1.82, 2.24) is 20.8 Å². The minimum atomic E-state index is -0.408. The number of thioether (sulfide) groups is 2. The second-order valence-corrected chi connectivity index (χ2v) is 7.81. The van der Waals surface area contributed by atoms with E-state index in [-0.39, 0.29) is 17.7 Å². The molecule has 0 saturated heterocycles. The summed E-state index contributed by atoms with van der Waals surface area (Å²) in [5.41, 5.74) is 0. The quantitative estimate of drug-likeness (QED) is 0.744. The predicted molar refractivity (Wildman–Crippen MR) is 81.3 cm³/mol. The number of nitrogens with zero attached hydrogens (tertiary/aromatic N) is 2. The van der Waals surface area contributed by atoms with Crippen LogP contribution in [0.4, 0.5) is 4.79 Å². The van der Waals surface area contributed by atoms with Gasteiger partial charge in [0.25, 0.3) is 0 Å². The van der Waals surface area contributed by atoms with E-state index in [0.29, 0.717) is 0 Å². The van der Waals surface area contributed by atoms with Gasteiger partial charge in [0.15, 0.2) is 8.68 Å². The molecule has 0 atom stereocenters. The first-order chi connectivity index (χ1) is 9.67. The van der Waals surface area contributed by atoms with Gasteiger partial charge in [-0.05, 0) is 19.3 Å². The van der Waals surface area contributed by atoms with Crippen molar-refractivity contribution < 1.29 is 9.59 Å². The highest BCUT2D eigenvalue weighted by molar-refractivity contribution is 8.03. The first-order valence-corrected chi connectivity index (χ1v) is 9.15. The van der Waals surface area contributed by atoms with Crippen LogP contribution in [0.2, 0.25) is 0 Å². The predicted octanol–water partition coefficient (Wildman–Crippen LogP) is 2.12. The Labute approximate surface area is 129 Å². The molecule has 0 unspecified atom stereocenters. The smallest absolute Gasteiger partial charge is 0.321 e. The Kier molecular flexibility index (Phi) is 6.11. The summed E-state index contributed by atoms with van der Waals surface area (Å²) in [7, 11) is 0. The Morgan fingerprint density at radius 3 is 2.65 bits per heavy atom. The van der Waals surface area contributed by atoms with Crippen LogP contribution in [-0.2, 0) is 4.79 Å². The van der Waals surface area contributed by atoms with E-state index in [0.717, 1.165) is 33.7 Å². The molecule has 6 nitrogen and oxygen atoms in total. The fourth-order valence-corrected chi connectivity index (χ4v) is 3.99. The maximum absolute atomic E-state index is 11.6. The van der Waals surface area contributed by atoms with Gasteiger partial charge in [0.1, 0.15) is 0 Å². The lowest BCUT2D eigenvalue weighted by Gasteiger charge is -2.03. The second-order valence-electron chi connectivity index (χ2n) is 4.27. The SMILES string of the molecule is CCCSc1nnc(SCC(=O)NC(=O)NC2CC2)s1. The molecule has 1 aliphatic carbocycles. The maximum atomic E-state index is 11.6. The standard InChI is InChI=1S/C11H16N4O2S3/c1-2-5-18-10-14-15-11(20-10)19-6-8(16)13-9(17)12-7-3-4-7/h7H,2-6H2,1H3,(H2,12,13,16,17). The zero-order valence-corrected chi connectivity index (χ0v) is 13.5. The summed E-state index contributed by atoms with van der Waals surface area (Å²) in [5.74, 6) is 0.873. The molecule has 1 aromatic rings. The average Bonchev–Trinajstić information content (AvgIpc) is 3.10. The summed E-state index contributed by atoms with van der Waals surface area (Å²) in [5, 5.41) is 13.1. The van der Waals surface area contributed by atoms with Crippen LogP contribution in [0.15, 0.2) is 8.68 Å². The van der Waals surface area contributed by atoms with Crippen LogP contribution in [-0.4, -0.2) is 39.7 Å². The molecule has 1 fully saturated rings. The summed E-state index contributed by atoms with van der Waals surface area (Å²) in [6.07, 6.45) is 3.09. The highest BCUT2D eigenvalue weighted by Crippen LogP contribution is 2.28. The lowest BCUT2D eigenvalue weighted by Crippen LogP contribution is -2.41. The molecule has 3 amide bonds.